The molecule has 2 amide bonds. The fraction of sp³-hybridized carbons (Fsp3) is 0.727. The summed E-state index contributed by atoms with van der Waals surface area (Å²) in [4.78, 5) is 30.4. The average molecular weight is 470 g/mol. The largest absolute Gasteiger partial charge is 0.343 e. The zero-order valence-corrected chi connectivity index (χ0v) is 20.5. The normalized spacial score (nSPS) is 20.5. The minimum Gasteiger partial charge on any atom is -0.343 e. The molecule has 9 heteroatoms. The maximum Gasteiger partial charge on any atom is 0.254 e. The number of nitrogens with zero attached hydrogens (tertiary/aromatic N) is 2. The van der Waals surface area contributed by atoms with Crippen molar-refractivity contribution < 1.29 is 18.0 Å². The Balaban J connectivity index is 1.50. The fourth-order valence-electron chi connectivity index (χ4n) is 4.40. The van der Waals surface area contributed by atoms with Gasteiger partial charge in [0, 0.05) is 49.4 Å². The van der Waals surface area contributed by atoms with Crippen molar-refractivity contribution in [1.29, 1.82) is 0 Å². The molecule has 2 fully saturated rings. The first-order valence-corrected chi connectivity index (χ1v) is 13.9. The molecular formula is C22H35N3O4S2. The maximum atomic E-state index is 13.0. The van der Waals surface area contributed by atoms with Gasteiger partial charge in [0.05, 0.1) is 11.8 Å². The SMILES string of the molecule is CC1(C)CCCN(C(=O)c2csc(C3CCN(C(=O)CCNS(C)(=O)=O)CC3)c2)CC1. The van der Waals surface area contributed by atoms with Gasteiger partial charge in [0.1, 0.15) is 0 Å². The van der Waals surface area contributed by atoms with Gasteiger partial charge in [-0.1, -0.05) is 13.8 Å². The van der Waals surface area contributed by atoms with Gasteiger partial charge in [-0.05, 0) is 49.5 Å². The van der Waals surface area contributed by atoms with Crippen LogP contribution in [0.25, 0.3) is 0 Å². The minimum atomic E-state index is -3.27. The number of amides is 2. The summed E-state index contributed by atoms with van der Waals surface area (Å²) in [6.45, 7) is 7.71. The number of hydrogen-bond donors (Lipinski definition) is 1. The van der Waals surface area contributed by atoms with Crippen LogP contribution >= 0.6 is 11.3 Å². The predicted molar refractivity (Wildman–Crippen MR) is 124 cm³/mol. The van der Waals surface area contributed by atoms with Gasteiger partial charge in [-0.2, -0.15) is 0 Å². The van der Waals surface area contributed by atoms with Gasteiger partial charge in [-0.25, -0.2) is 13.1 Å². The number of thiophene rings is 1. The number of sulfonamides is 1. The van der Waals surface area contributed by atoms with Crippen molar-refractivity contribution in [3.05, 3.63) is 21.9 Å². The molecule has 1 N–H and O–H groups in total. The second kappa shape index (κ2) is 10.0. The first-order chi connectivity index (χ1) is 14.5. The van der Waals surface area contributed by atoms with Crippen LogP contribution in [0, 0.1) is 5.41 Å². The molecule has 0 unspecified atom stereocenters. The molecular weight excluding hydrogens is 434 g/mol. The highest BCUT2D eigenvalue weighted by Gasteiger charge is 2.28. The monoisotopic (exact) mass is 469 g/mol. The number of hydrogen-bond acceptors (Lipinski definition) is 5. The lowest BCUT2D eigenvalue weighted by atomic mass is 9.85. The Labute approximate surface area is 190 Å². The van der Waals surface area contributed by atoms with E-state index in [4.69, 9.17) is 0 Å². The first kappa shape index (κ1) is 24.2. The Morgan fingerprint density at radius 1 is 1.13 bits per heavy atom. The van der Waals surface area contributed by atoms with E-state index in [-0.39, 0.29) is 24.8 Å². The van der Waals surface area contributed by atoms with Gasteiger partial charge < -0.3 is 9.80 Å². The molecule has 7 nitrogen and oxygen atoms in total. The summed E-state index contributed by atoms with van der Waals surface area (Å²) in [7, 11) is -3.27. The third-order valence-corrected chi connectivity index (χ3v) is 8.27. The molecule has 31 heavy (non-hydrogen) atoms. The predicted octanol–water partition coefficient (Wildman–Crippen LogP) is 3.05. The second-order valence-electron chi connectivity index (χ2n) is 9.62. The molecule has 0 bridgehead atoms. The molecule has 1 aromatic rings. The third kappa shape index (κ3) is 7.02. The summed E-state index contributed by atoms with van der Waals surface area (Å²) in [6.07, 6.45) is 6.28. The van der Waals surface area contributed by atoms with E-state index in [2.05, 4.69) is 24.6 Å². The highest BCUT2D eigenvalue weighted by Crippen LogP contribution is 2.34. The first-order valence-electron chi connectivity index (χ1n) is 11.1. The summed E-state index contributed by atoms with van der Waals surface area (Å²) in [6, 6.07) is 2.06. The minimum absolute atomic E-state index is 0.0132. The van der Waals surface area contributed by atoms with Crippen LogP contribution in [-0.2, 0) is 14.8 Å². The van der Waals surface area contributed by atoms with E-state index in [0.29, 0.717) is 24.4 Å². The van der Waals surface area contributed by atoms with E-state index in [1.807, 2.05) is 15.2 Å². The Hall–Kier alpha value is -1.45. The van der Waals surface area contributed by atoms with Crippen LogP contribution in [-0.4, -0.2) is 69.0 Å². The Kier molecular flexibility index (Phi) is 7.81. The van der Waals surface area contributed by atoms with Crippen LogP contribution in [0.1, 0.15) is 73.5 Å². The second-order valence-corrected chi connectivity index (χ2v) is 12.4. The van der Waals surface area contributed by atoms with Gasteiger partial charge in [-0.15, -0.1) is 11.3 Å². The number of carbonyl (C=O) groups excluding carboxylic acids is 2. The lowest BCUT2D eigenvalue weighted by Gasteiger charge is -2.31. The summed E-state index contributed by atoms with van der Waals surface area (Å²) < 4.78 is 24.6. The van der Waals surface area contributed by atoms with Crippen LogP contribution in [0.2, 0.25) is 0 Å². The molecule has 2 aliphatic heterocycles. The molecule has 0 spiro atoms. The zero-order valence-electron chi connectivity index (χ0n) is 18.9. The van der Waals surface area contributed by atoms with Gasteiger partial charge in [0.25, 0.3) is 5.91 Å². The summed E-state index contributed by atoms with van der Waals surface area (Å²) >= 11 is 1.65. The molecule has 3 rings (SSSR count). The molecule has 0 radical (unpaired) electrons. The quantitative estimate of drug-likeness (QED) is 0.694. The van der Waals surface area contributed by atoms with E-state index < -0.39 is 10.0 Å². The summed E-state index contributed by atoms with van der Waals surface area (Å²) in [5.74, 6) is 0.500. The fourth-order valence-corrected chi connectivity index (χ4v) is 5.93. The number of nitrogens with one attached hydrogen (secondary N) is 1. The van der Waals surface area contributed by atoms with Crippen molar-refractivity contribution in [2.75, 3.05) is 39.0 Å². The molecule has 2 aliphatic rings. The van der Waals surface area contributed by atoms with Crippen LogP contribution < -0.4 is 4.72 Å². The van der Waals surface area contributed by atoms with Crippen molar-refractivity contribution in [2.45, 2.75) is 58.3 Å². The lowest BCUT2D eigenvalue weighted by molar-refractivity contribution is -0.132. The topological polar surface area (TPSA) is 86.8 Å². The van der Waals surface area contributed by atoms with Crippen LogP contribution in [0.15, 0.2) is 11.4 Å². The van der Waals surface area contributed by atoms with Gasteiger partial charge in [0.15, 0.2) is 0 Å². The Morgan fingerprint density at radius 2 is 1.84 bits per heavy atom. The molecule has 0 saturated carbocycles. The van der Waals surface area contributed by atoms with E-state index in [1.165, 1.54) is 4.88 Å². The number of carbonyl (C=O) groups is 2. The van der Waals surface area contributed by atoms with Crippen LogP contribution in [0.3, 0.4) is 0 Å². The average Bonchev–Trinajstić information content (AvgIpc) is 3.12. The number of piperidine rings is 1. The molecule has 0 aliphatic carbocycles. The van der Waals surface area contributed by atoms with Gasteiger partial charge in [-0.3, -0.25) is 9.59 Å². The highest BCUT2D eigenvalue weighted by molar-refractivity contribution is 7.88. The van der Waals surface area contributed by atoms with Gasteiger partial charge >= 0.3 is 0 Å². The lowest BCUT2D eigenvalue weighted by Crippen LogP contribution is -2.39. The molecule has 0 aromatic carbocycles. The molecule has 0 atom stereocenters. The Morgan fingerprint density at radius 3 is 2.52 bits per heavy atom. The number of likely N-dealkylation sites (tertiary alicyclic amines) is 2. The summed E-state index contributed by atoms with van der Waals surface area (Å²) in [5, 5.41) is 1.99. The van der Waals surface area contributed by atoms with Crippen LogP contribution in [0.5, 0.6) is 0 Å². The van der Waals surface area contributed by atoms with Gasteiger partial charge in [0.2, 0.25) is 15.9 Å². The smallest absolute Gasteiger partial charge is 0.254 e. The molecule has 2 saturated heterocycles. The van der Waals surface area contributed by atoms with Crippen molar-refractivity contribution >= 4 is 33.2 Å². The molecule has 3 heterocycles. The van der Waals surface area contributed by atoms with Crippen LogP contribution in [0.4, 0.5) is 0 Å². The van der Waals surface area contributed by atoms with E-state index in [0.717, 1.165) is 57.0 Å². The Bertz CT molecular complexity index is 886. The van der Waals surface area contributed by atoms with Crippen molar-refractivity contribution in [3.8, 4) is 0 Å². The third-order valence-electron chi connectivity index (χ3n) is 6.45. The van der Waals surface area contributed by atoms with Crippen molar-refractivity contribution in [3.63, 3.8) is 0 Å². The highest BCUT2D eigenvalue weighted by atomic mass is 32.2. The molecule has 1 aromatic heterocycles. The molecule has 174 valence electrons. The maximum absolute atomic E-state index is 13.0. The standard InChI is InChI=1S/C22H35N3O4S2/c1-22(2)8-4-11-25(14-9-22)21(27)18-15-19(30-16-18)17-6-12-24(13-7-17)20(26)5-10-23-31(3,28)29/h15-17,23H,4-14H2,1-3H3. The zero-order chi connectivity index (χ0) is 22.6. The van der Waals surface area contributed by atoms with E-state index >= 15 is 0 Å². The van der Waals surface area contributed by atoms with Crippen molar-refractivity contribution in [2.24, 2.45) is 5.41 Å². The van der Waals surface area contributed by atoms with E-state index in [9.17, 15) is 18.0 Å². The number of rotatable bonds is 6. The van der Waals surface area contributed by atoms with Crippen molar-refractivity contribution in [1.82, 2.24) is 14.5 Å². The summed E-state index contributed by atoms with van der Waals surface area (Å²) in [5.41, 5.74) is 1.10. The van der Waals surface area contributed by atoms with E-state index in [1.54, 1.807) is 11.3 Å².